The number of halogens is 2. The van der Waals surface area contributed by atoms with Gasteiger partial charge in [0.25, 0.3) is 0 Å². The van der Waals surface area contributed by atoms with Crippen LogP contribution in [0, 0.1) is 19.8 Å². The standard InChI is InChI=1S/C28H29Cl2N3O2/c1-17-5-3-6-21(18(17)2)24-13-20(15-33-11-9-19(16-34)10-12-33)14-25(32-24)27(28(31)35)26-22(29)7-4-8-23(26)30/h3-8,13-14,16,19,27H,9-12,15H2,1-2H3,(H2,31,35). The Morgan fingerprint density at radius 3 is 2.40 bits per heavy atom. The number of likely N-dealkylation sites (tertiary alicyclic amines) is 1. The van der Waals surface area contributed by atoms with Crippen LogP contribution in [0.15, 0.2) is 48.5 Å². The molecule has 3 aromatic rings. The third-order valence-electron chi connectivity index (χ3n) is 6.89. The van der Waals surface area contributed by atoms with Gasteiger partial charge in [-0.3, -0.25) is 14.7 Å². The van der Waals surface area contributed by atoms with Crippen molar-refractivity contribution in [3.8, 4) is 11.3 Å². The molecule has 1 aliphatic rings. The summed E-state index contributed by atoms with van der Waals surface area (Å²) < 4.78 is 0. The van der Waals surface area contributed by atoms with Crippen molar-refractivity contribution in [1.29, 1.82) is 0 Å². The number of carbonyl (C=O) groups excluding carboxylic acids is 2. The number of carbonyl (C=O) groups is 2. The number of aldehydes is 1. The maximum absolute atomic E-state index is 12.8. The van der Waals surface area contributed by atoms with Crippen molar-refractivity contribution in [3.05, 3.63) is 86.5 Å². The Hall–Kier alpha value is -2.73. The number of pyridine rings is 1. The molecule has 4 rings (SSSR count). The molecule has 2 N–H and O–H groups in total. The van der Waals surface area contributed by atoms with E-state index in [-0.39, 0.29) is 5.92 Å². The van der Waals surface area contributed by atoms with E-state index in [2.05, 4.69) is 30.9 Å². The summed E-state index contributed by atoms with van der Waals surface area (Å²) in [5, 5.41) is 0.746. The topological polar surface area (TPSA) is 76.3 Å². The van der Waals surface area contributed by atoms with Gasteiger partial charge < -0.3 is 10.5 Å². The lowest BCUT2D eigenvalue weighted by molar-refractivity contribution is -0.118. The first-order valence-electron chi connectivity index (χ1n) is 11.8. The molecule has 2 heterocycles. The van der Waals surface area contributed by atoms with Crippen molar-refractivity contribution in [3.63, 3.8) is 0 Å². The summed E-state index contributed by atoms with van der Waals surface area (Å²) in [6, 6.07) is 15.2. The molecule has 0 bridgehead atoms. The summed E-state index contributed by atoms with van der Waals surface area (Å²) in [7, 11) is 0. The van der Waals surface area contributed by atoms with Crippen LogP contribution in [0.4, 0.5) is 0 Å². The van der Waals surface area contributed by atoms with E-state index in [1.165, 1.54) is 0 Å². The largest absolute Gasteiger partial charge is 0.369 e. The predicted octanol–water partition coefficient (Wildman–Crippen LogP) is 5.70. The van der Waals surface area contributed by atoms with Gasteiger partial charge in [-0.1, -0.05) is 47.5 Å². The number of aromatic nitrogens is 1. The Morgan fingerprint density at radius 1 is 1.11 bits per heavy atom. The van der Waals surface area contributed by atoms with Crippen molar-refractivity contribution >= 4 is 35.4 Å². The van der Waals surface area contributed by atoms with E-state index in [1.54, 1.807) is 18.2 Å². The molecule has 1 unspecified atom stereocenters. The van der Waals surface area contributed by atoms with E-state index in [0.717, 1.165) is 60.2 Å². The highest BCUT2D eigenvalue weighted by Crippen LogP contribution is 2.37. The minimum absolute atomic E-state index is 0.131. The van der Waals surface area contributed by atoms with Gasteiger partial charge in [0.2, 0.25) is 5.91 Å². The van der Waals surface area contributed by atoms with Gasteiger partial charge in [0.1, 0.15) is 12.2 Å². The number of rotatable bonds is 7. The Kier molecular flexibility index (Phi) is 7.90. The number of nitrogens with zero attached hydrogens (tertiary/aromatic N) is 2. The quantitative estimate of drug-likeness (QED) is 0.414. The van der Waals surface area contributed by atoms with Crippen LogP contribution in [0.5, 0.6) is 0 Å². The third kappa shape index (κ3) is 5.58. The van der Waals surface area contributed by atoms with Crippen molar-refractivity contribution in [2.24, 2.45) is 11.7 Å². The minimum Gasteiger partial charge on any atom is -0.369 e. The van der Waals surface area contributed by atoms with Crippen LogP contribution in [0.1, 0.15) is 46.7 Å². The second kappa shape index (κ2) is 10.9. The zero-order chi connectivity index (χ0) is 25.1. The molecule has 5 nitrogen and oxygen atoms in total. The molecule has 1 aliphatic heterocycles. The summed E-state index contributed by atoms with van der Waals surface area (Å²) in [6.45, 7) is 6.50. The molecule has 0 radical (unpaired) electrons. The maximum atomic E-state index is 12.8. The van der Waals surface area contributed by atoms with Crippen molar-refractivity contribution in [2.45, 2.75) is 39.2 Å². The fourth-order valence-electron chi connectivity index (χ4n) is 4.74. The van der Waals surface area contributed by atoms with Crippen LogP contribution >= 0.6 is 23.2 Å². The number of aryl methyl sites for hydroxylation is 1. The molecule has 1 fully saturated rings. The first kappa shape index (κ1) is 25.4. The number of piperidine rings is 1. The van der Waals surface area contributed by atoms with Crippen molar-refractivity contribution < 1.29 is 9.59 Å². The molecule has 1 amide bonds. The number of primary amides is 1. The molecule has 2 aromatic carbocycles. The van der Waals surface area contributed by atoms with Gasteiger partial charge in [0.15, 0.2) is 0 Å². The molecule has 0 aliphatic carbocycles. The maximum Gasteiger partial charge on any atom is 0.231 e. The van der Waals surface area contributed by atoms with Gasteiger partial charge in [0, 0.05) is 33.6 Å². The summed E-state index contributed by atoms with van der Waals surface area (Å²) in [6.07, 6.45) is 2.76. The lowest BCUT2D eigenvalue weighted by Crippen LogP contribution is -2.33. The molecule has 0 spiro atoms. The molecule has 1 atom stereocenters. The van der Waals surface area contributed by atoms with Crippen LogP contribution in [-0.4, -0.2) is 35.2 Å². The summed E-state index contributed by atoms with van der Waals surface area (Å²) in [5.41, 5.74) is 12.0. The first-order valence-corrected chi connectivity index (χ1v) is 12.5. The van der Waals surface area contributed by atoms with E-state index in [9.17, 15) is 9.59 Å². The fourth-order valence-corrected chi connectivity index (χ4v) is 5.36. The lowest BCUT2D eigenvalue weighted by Gasteiger charge is -2.30. The molecule has 7 heteroatoms. The van der Waals surface area contributed by atoms with Gasteiger partial charge >= 0.3 is 0 Å². The van der Waals surface area contributed by atoms with Crippen LogP contribution < -0.4 is 5.73 Å². The van der Waals surface area contributed by atoms with Crippen molar-refractivity contribution in [1.82, 2.24) is 9.88 Å². The Labute approximate surface area is 216 Å². The Morgan fingerprint density at radius 2 is 1.77 bits per heavy atom. The molecule has 1 aromatic heterocycles. The minimum atomic E-state index is -0.888. The van der Waals surface area contributed by atoms with E-state index in [1.807, 2.05) is 18.2 Å². The monoisotopic (exact) mass is 509 g/mol. The highest BCUT2D eigenvalue weighted by molar-refractivity contribution is 6.36. The van der Waals surface area contributed by atoms with Crippen LogP contribution in [0.25, 0.3) is 11.3 Å². The fraction of sp³-hybridized carbons (Fsp3) is 0.321. The molecular weight excluding hydrogens is 481 g/mol. The summed E-state index contributed by atoms with van der Waals surface area (Å²) in [4.78, 5) is 31.2. The van der Waals surface area contributed by atoms with E-state index in [4.69, 9.17) is 33.9 Å². The third-order valence-corrected chi connectivity index (χ3v) is 7.54. The lowest BCUT2D eigenvalue weighted by atomic mass is 9.91. The van der Waals surface area contributed by atoms with E-state index >= 15 is 0 Å². The SMILES string of the molecule is Cc1cccc(-c2cc(CN3CCC(C=O)CC3)cc(C(C(N)=O)c3c(Cl)cccc3Cl)n2)c1C. The van der Waals surface area contributed by atoms with Crippen molar-refractivity contribution in [2.75, 3.05) is 13.1 Å². The number of nitrogens with two attached hydrogens (primary N) is 1. The highest BCUT2D eigenvalue weighted by atomic mass is 35.5. The van der Waals surface area contributed by atoms with Gasteiger partial charge in [-0.25, -0.2) is 0 Å². The van der Waals surface area contributed by atoms with Gasteiger partial charge in [-0.15, -0.1) is 0 Å². The molecule has 35 heavy (non-hydrogen) atoms. The zero-order valence-corrected chi connectivity index (χ0v) is 21.4. The molecule has 182 valence electrons. The highest BCUT2D eigenvalue weighted by Gasteiger charge is 2.28. The summed E-state index contributed by atoms with van der Waals surface area (Å²) in [5.74, 6) is -1.32. The average Bonchev–Trinajstić information content (AvgIpc) is 2.83. The number of hydrogen-bond donors (Lipinski definition) is 1. The number of amides is 1. The molecular formula is C28H29Cl2N3O2. The Bertz CT molecular complexity index is 1230. The normalized spacial score (nSPS) is 15.7. The second-order valence-electron chi connectivity index (χ2n) is 9.25. The average molecular weight is 510 g/mol. The Balaban J connectivity index is 1.82. The van der Waals surface area contributed by atoms with Crippen LogP contribution in [-0.2, 0) is 16.1 Å². The van der Waals surface area contributed by atoms with E-state index < -0.39 is 11.8 Å². The molecule has 1 saturated heterocycles. The molecule has 0 saturated carbocycles. The van der Waals surface area contributed by atoms with Crippen LogP contribution in [0.3, 0.4) is 0 Å². The summed E-state index contributed by atoms with van der Waals surface area (Å²) >= 11 is 13.0. The van der Waals surface area contributed by atoms with Gasteiger partial charge in [-0.05, 0) is 80.7 Å². The predicted molar refractivity (Wildman–Crippen MR) is 141 cm³/mol. The van der Waals surface area contributed by atoms with Gasteiger partial charge in [0.05, 0.1) is 11.4 Å². The zero-order valence-electron chi connectivity index (χ0n) is 19.9. The smallest absolute Gasteiger partial charge is 0.231 e. The first-order chi connectivity index (χ1) is 16.8. The van der Waals surface area contributed by atoms with Gasteiger partial charge in [-0.2, -0.15) is 0 Å². The van der Waals surface area contributed by atoms with E-state index in [0.29, 0.717) is 27.8 Å². The van der Waals surface area contributed by atoms with Crippen LogP contribution in [0.2, 0.25) is 10.0 Å². The second-order valence-corrected chi connectivity index (χ2v) is 10.1. The number of benzene rings is 2. The number of hydrogen-bond acceptors (Lipinski definition) is 4.